The molecule has 3 rings (SSSR count). The molecule has 0 saturated carbocycles. The minimum Gasteiger partial charge on any atom is -0.481 e. The lowest BCUT2D eigenvalue weighted by atomic mass is 10.0. The van der Waals surface area contributed by atoms with Gasteiger partial charge in [-0.1, -0.05) is 11.6 Å². The lowest BCUT2D eigenvalue weighted by Gasteiger charge is -2.28. The van der Waals surface area contributed by atoms with E-state index >= 15 is 0 Å². The number of hydrogen-bond donors (Lipinski definition) is 1. The van der Waals surface area contributed by atoms with Crippen molar-refractivity contribution < 1.29 is 37.1 Å². The highest BCUT2D eigenvalue weighted by Gasteiger charge is 2.49. The van der Waals surface area contributed by atoms with E-state index in [4.69, 9.17) is 11.6 Å². The molecule has 1 aromatic heterocycles. The number of alkyl halides is 3. The summed E-state index contributed by atoms with van der Waals surface area (Å²) in [5, 5.41) is 9.10. The molecule has 1 N–H and O–H groups in total. The Morgan fingerprint density at radius 1 is 1.25 bits per heavy atom. The fourth-order valence-electron chi connectivity index (χ4n) is 3.42. The van der Waals surface area contributed by atoms with Crippen molar-refractivity contribution >= 4 is 40.9 Å². The third-order valence-electron chi connectivity index (χ3n) is 5.02. The fourth-order valence-corrected chi connectivity index (χ4v) is 3.60. The SMILES string of the molecule is Cc1cc(C(F)(F)F)cc(N2C(=O)[C@@H](C(=O)O)CC2C(=O)N(C)c2ccc(F)c(Cl)c2)n1. The summed E-state index contributed by atoms with van der Waals surface area (Å²) in [6.45, 7) is 1.28. The second kappa shape index (κ2) is 8.38. The molecule has 0 bridgehead atoms. The fraction of sp³-hybridized carbons (Fsp3) is 0.300. The number of nitrogens with zero attached hydrogens (tertiary/aromatic N) is 3. The van der Waals surface area contributed by atoms with E-state index in [2.05, 4.69) is 4.98 Å². The number of aryl methyl sites for hydroxylation is 1. The molecule has 7 nitrogen and oxygen atoms in total. The van der Waals surface area contributed by atoms with E-state index < -0.39 is 59.5 Å². The third kappa shape index (κ3) is 4.38. The topological polar surface area (TPSA) is 90.8 Å². The number of carboxylic acid groups (broad SMARTS) is 1. The van der Waals surface area contributed by atoms with Gasteiger partial charge < -0.3 is 10.0 Å². The second-order valence-corrected chi connectivity index (χ2v) is 7.61. The highest BCUT2D eigenvalue weighted by molar-refractivity contribution is 6.31. The number of anilines is 2. The maximum absolute atomic E-state index is 13.5. The van der Waals surface area contributed by atoms with Crippen LogP contribution in [0.4, 0.5) is 29.1 Å². The molecule has 12 heteroatoms. The number of aromatic nitrogens is 1. The molecule has 0 radical (unpaired) electrons. The van der Waals surface area contributed by atoms with Gasteiger partial charge in [0.25, 0.3) is 0 Å². The standard InChI is InChI=1S/C20H16ClF4N3O4/c1-9-5-10(20(23,24)25)6-16(26-9)28-15(8-12(17(28)29)19(31)32)18(30)27(2)11-3-4-14(22)13(21)7-11/h3-7,12,15H,8H2,1-2H3,(H,31,32)/t12-,15?/m0/s1. The van der Waals surface area contributed by atoms with E-state index in [-0.39, 0.29) is 16.4 Å². The van der Waals surface area contributed by atoms with Crippen molar-refractivity contribution in [1.82, 2.24) is 4.98 Å². The van der Waals surface area contributed by atoms with E-state index in [1.165, 1.54) is 20.0 Å². The van der Waals surface area contributed by atoms with Gasteiger partial charge in [0.1, 0.15) is 23.6 Å². The van der Waals surface area contributed by atoms with Gasteiger partial charge in [0, 0.05) is 18.4 Å². The Morgan fingerprint density at radius 3 is 2.47 bits per heavy atom. The van der Waals surface area contributed by atoms with E-state index in [0.717, 1.165) is 23.1 Å². The molecule has 1 fully saturated rings. The lowest BCUT2D eigenvalue weighted by molar-refractivity contribution is -0.145. The monoisotopic (exact) mass is 473 g/mol. The summed E-state index contributed by atoms with van der Waals surface area (Å²) in [7, 11) is 1.29. The Labute approximate surface area is 184 Å². The molecule has 0 spiro atoms. The van der Waals surface area contributed by atoms with Gasteiger partial charge in [0.2, 0.25) is 11.8 Å². The van der Waals surface area contributed by atoms with Crippen molar-refractivity contribution in [3.8, 4) is 0 Å². The highest BCUT2D eigenvalue weighted by atomic mass is 35.5. The van der Waals surface area contributed by atoms with Crippen LogP contribution in [0.3, 0.4) is 0 Å². The van der Waals surface area contributed by atoms with Crippen molar-refractivity contribution in [1.29, 1.82) is 0 Å². The average molecular weight is 474 g/mol. The first-order chi connectivity index (χ1) is 14.8. The zero-order valence-electron chi connectivity index (χ0n) is 16.7. The van der Waals surface area contributed by atoms with Crippen LogP contribution >= 0.6 is 11.6 Å². The zero-order valence-corrected chi connectivity index (χ0v) is 17.4. The lowest BCUT2D eigenvalue weighted by Crippen LogP contribution is -2.46. The minimum atomic E-state index is -4.75. The van der Waals surface area contributed by atoms with Crippen LogP contribution in [0.1, 0.15) is 17.7 Å². The summed E-state index contributed by atoms with van der Waals surface area (Å²) in [6, 6.07) is 3.30. The first kappa shape index (κ1) is 23.5. The molecule has 2 aromatic rings. The number of carbonyl (C=O) groups is 3. The number of hydrogen-bond acceptors (Lipinski definition) is 4. The van der Waals surface area contributed by atoms with Gasteiger partial charge in [-0.25, -0.2) is 9.37 Å². The van der Waals surface area contributed by atoms with Crippen LogP contribution in [0.2, 0.25) is 5.02 Å². The summed E-state index contributed by atoms with van der Waals surface area (Å²) in [5.41, 5.74) is -1.04. The minimum absolute atomic E-state index is 0.0775. The Kier molecular flexibility index (Phi) is 6.14. The zero-order chi connectivity index (χ0) is 24.0. The van der Waals surface area contributed by atoms with Gasteiger partial charge in [0.15, 0.2) is 0 Å². The van der Waals surface area contributed by atoms with Crippen molar-refractivity contribution in [3.63, 3.8) is 0 Å². The number of carbonyl (C=O) groups excluding carboxylic acids is 2. The quantitative estimate of drug-likeness (QED) is 0.540. The molecule has 1 aromatic carbocycles. The number of halogens is 5. The van der Waals surface area contributed by atoms with E-state index in [0.29, 0.717) is 11.0 Å². The van der Waals surface area contributed by atoms with Gasteiger partial charge in [0.05, 0.1) is 10.6 Å². The van der Waals surface area contributed by atoms with Crippen molar-refractivity contribution in [2.45, 2.75) is 25.6 Å². The van der Waals surface area contributed by atoms with Crippen molar-refractivity contribution in [3.05, 3.63) is 52.4 Å². The van der Waals surface area contributed by atoms with E-state index in [1.807, 2.05) is 0 Å². The second-order valence-electron chi connectivity index (χ2n) is 7.20. The van der Waals surface area contributed by atoms with Crippen LogP contribution in [0.15, 0.2) is 30.3 Å². The van der Waals surface area contributed by atoms with Crippen LogP contribution < -0.4 is 9.80 Å². The van der Waals surface area contributed by atoms with E-state index in [1.54, 1.807) is 0 Å². The molecule has 2 atom stereocenters. The summed E-state index contributed by atoms with van der Waals surface area (Å²) >= 11 is 5.74. The largest absolute Gasteiger partial charge is 0.481 e. The highest BCUT2D eigenvalue weighted by Crippen LogP contribution is 2.36. The molecule has 1 unspecified atom stereocenters. The average Bonchev–Trinajstić information content (AvgIpc) is 3.05. The smallest absolute Gasteiger partial charge is 0.416 e. The van der Waals surface area contributed by atoms with E-state index in [9.17, 15) is 37.1 Å². The van der Waals surface area contributed by atoms with Crippen molar-refractivity contribution in [2.24, 2.45) is 5.92 Å². The molecular weight excluding hydrogens is 458 g/mol. The van der Waals surface area contributed by atoms with Gasteiger partial charge in [-0.2, -0.15) is 13.2 Å². The Bertz CT molecular complexity index is 1110. The van der Waals surface area contributed by atoms with Crippen LogP contribution in [-0.2, 0) is 20.6 Å². The summed E-state index contributed by atoms with van der Waals surface area (Å²) < 4.78 is 53.3. The summed E-state index contributed by atoms with van der Waals surface area (Å²) in [5.74, 6) is -6.26. The molecule has 170 valence electrons. The molecule has 1 aliphatic rings. The predicted molar refractivity (Wildman–Crippen MR) is 106 cm³/mol. The third-order valence-corrected chi connectivity index (χ3v) is 5.31. The number of carboxylic acids is 1. The molecule has 1 aliphatic heterocycles. The number of pyridine rings is 1. The number of rotatable bonds is 4. The maximum atomic E-state index is 13.5. The first-order valence-electron chi connectivity index (χ1n) is 9.15. The van der Waals surface area contributed by atoms with Crippen LogP contribution in [0.25, 0.3) is 0 Å². The van der Waals surface area contributed by atoms with Gasteiger partial charge in [-0.15, -0.1) is 0 Å². The molecule has 2 heterocycles. The Balaban J connectivity index is 2.06. The van der Waals surface area contributed by atoms with Gasteiger partial charge in [-0.05, 0) is 43.7 Å². The summed E-state index contributed by atoms with van der Waals surface area (Å²) in [4.78, 5) is 43.1. The molecule has 0 aliphatic carbocycles. The van der Waals surface area contributed by atoms with Crippen LogP contribution in [0.5, 0.6) is 0 Å². The number of aliphatic carboxylic acids is 1. The van der Waals surface area contributed by atoms with Gasteiger partial charge in [-0.3, -0.25) is 19.3 Å². The Hall–Kier alpha value is -3.21. The number of amides is 2. The molecular formula is C20H16ClF4N3O4. The number of benzene rings is 1. The molecule has 32 heavy (non-hydrogen) atoms. The Morgan fingerprint density at radius 2 is 1.91 bits per heavy atom. The molecule has 1 saturated heterocycles. The first-order valence-corrected chi connectivity index (χ1v) is 9.53. The van der Waals surface area contributed by atoms with Crippen LogP contribution in [-0.4, -0.2) is 41.0 Å². The molecule has 2 amide bonds. The normalized spacial score (nSPS) is 18.7. The van der Waals surface area contributed by atoms with Crippen molar-refractivity contribution in [2.75, 3.05) is 16.8 Å². The summed E-state index contributed by atoms with van der Waals surface area (Å²) in [6.07, 6.45) is -5.23. The van der Waals surface area contributed by atoms with Crippen LogP contribution in [0, 0.1) is 18.7 Å². The predicted octanol–water partition coefficient (Wildman–Crippen LogP) is 3.67. The van der Waals surface area contributed by atoms with Gasteiger partial charge >= 0.3 is 12.1 Å². The maximum Gasteiger partial charge on any atom is 0.416 e. The number of likely N-dealkylation sites (N-methyl/N-ethyl adjacent to an activating group) is 1.